The van der Waals surface area contributed by atoms with E-state index in [4.69, 9.17) is 4.74 Å². The van der Waals surface area contributed by atoms with Gasteiger partial charge < -0.3 is 4.74 Å². The summed E-state index contributed by atoms with van der Waals surface area (Å²) in [5.41, 5.74) is 1.96. The number of carbonyl (C=O) groups is 1. The third-order valence-electron chi connectivity index (χ3n) is 3.94. The summed E-state index contributed by atoms with van der Waals surface area (Å²) in [6, 6.07) is 0. The van der Waals surface area contributed by atoms with E-state index in [1.807, 2.05) is 18.5 Å². The molecule has 1 aliphatic rings. The Kier molecular flexibility index (Phi) is 5.27. The predicted octanol–water partition coefficient (Wildman–Crippen LogP) is 1.33. The normalized spacial score (nSPS) is 20.7. The second kappa shape index (κ2) is 6.98. The number of alkyl halides is 1. The van der Waals surface area contributed by atoms with Gasteiger partial charge in [-0.3, -0.25) is 4.90 Å². The largest absolute Gasteiger partial charge is 0.464 e. The minimum atomic E-state index is -1.52. The smallest absolute Gasteiger partial charge is 0.341 e. The van der Waals surface area contributed by atoms with Gasteiger partial charge in [-0.05, 0) is 33.7 Å². The number of esters is 1. The van der Waals surface area contributed by atoms with E-state index in [9.17, 15) is 9.18 Å². The molecule has 21 heavy (non-hydrogen) atoms. The molecule has 2 heterocycles. The van der Waals surface area contributed by atoms with Crippen LogP contribution in [0, 0.1) is 12.8 Å². The van der Waals surface area contributed by atoms with Crippen LogP contribution in [0.15, 0.2) is 0 Å². The molecule has 1 saturated heterocycles. The highest BCUT2D eigenvalue weighted by Gasteiger charge is 2.35. The number of likely N-dealkylation sites (tertiary alicyclic amines) is 1. The minimum Gasteiger partial charge on any atom is -0.464 e. The Balaban J connectivity index is 1.93. The lowest BCUT2D eigenvalue weighted by molar-refractivity contribution is -0.151. The first-order valence-corrected chi connectivity index (χ1v) is 7.48. The molecule has 2 atom stereocenters. The van der Waals surface area contributed by atoms with Crippen LogP contribution in [0.4, 0.5) is 4.39 Å². The molecule has 0 saturated carbocycles. The third kappa shape index (κ3) is 3.58. The van der Waals surface area contributed by atoms with Crippen LogP contribution in [0.25, 0.3) is 0 Å². The molecular weight excluding hydrogens is 275 g/mol. The number of nitrogens with zero attached hydrogens (tertiary/aromatic N) is 4. The van der Waals surface area contributed by atoms with Gasteiger partial charge in [0.15, 0.2) is 0 Å². The molecule has 1 aromatic heterocycles. The molecule has 2 unspecified atom stereocenters. The zero-order valence-corrected chi connectivity index (χ0v) is 12.9. The maximum atomic E-state index is 14.0. The van der Waals surface area contributed by atoms with E-state index in [1.54, 1.807) is 6.92 Å². The monoisotopic (exact) mass is 298 g/mol. The van der Waals surface area contributed by atoms with Gasteiger partial charge in [0.2, 0.25) is 6.17 Å². The number of halogens is 1. The van der Waals surface area contributed by atoms with Crippen LogP contribution in [0.3, 0.4) is 0 Å². The van der Waals surface area contributed by atoms with Gasteiger partial charge in [0.25, 0.3) is 0 Å². The zero-order chi connectivity index (χ0) is 15.4. The van der Waals surface area contributed by atoms with Crippen LogP contribution in [0.5, 0.6) is 0 Å². The zero-order valence-electron chi connectivity index (χ0n) is 12.9. The summed E-state index contributed by atoms with van der Waals surface area (Å²) >= 11 is 0. The fraction of sp³-hybridized carbons (Fsp3) is 0.786. The van der Waals surface area contributed by atoms with Crippen LogP contribution < -0.4 is 0 Å². The fourth-order valence-electron chi connectivity index (χ4n) is 2.74. The molecule has 0 bridgehead atoms. The highest BCUT2D eigenvalue weighted by atomic mass is 19.1. The average Bonchev–Trinajstić information content (AvgIpc) is 3.07. The summed E-state index contributed by atoms with van der Waals surface area (Å²) < 4.78 is 20.7. The number of rotatable bonds is 6. The highest BCUT2D eigenvalue weighted by molar-refractivity contribution is 5.74. The van der Waals surface area contributed by atoms with Gasteiger partial charge in [0.05, 0.1) is 18.0 Å². The molecule has 6 nitrogen and oxygen atoms in total. The van der Waals surface area contributed by atoms with Crippen molar-refractivity contribution < 1.29 is 13.9 Å². The maximum Gasteiger partial charge on any atom is 0.341 e. The predicted molar refractivity (Wildman–Crippen MR) is 75.3 cm³/mol. The van der Waals surface area contributed by atoms with E-state index in [1.165, 1.54) is 0 Å². The van der Waals surface area contributed by atoms with E-state index in [-0.39, 0.29) is 12.5 Å². The molecule has 2 rings (SSSR count). The van der Waals surface area contributed by atoms with Gasteiger partial charge >= 0.3 is 5.97 Å². The van der Waals surface area contributed by atoms with Crippen molar-refractivity contribution in [2.45, 2.75) is 46.5 Å². The summed E-state index contributed by atoms with van der Waals surface area (Å²) in [5, 5.41) is 8.15. The first kappa shape index (κ1) is 15.9. The second-order valence-electron chi connectivity index (χ2n) is 5.37. The molecule has 0 amide bonds. The van der Waals surface area contributed by atoms with E-state index in [2.05, 4.69) is 15.2 Å². The van der Waals surface area contributed by atoms with Crippen molar-refractivity contribution in [1.29, 1.82) is 0 Å². The van der Waals surface area contributed by atoms with Crippen LogP contribution in [-0.4, -0.2) is 51.7 Å². The number of aromatic nitrogens is 3. The van der Waals surface area contributed by atoms with Crippen molar-refractivity contribution in [2.75, 3.05) is 19.7 Å². The SMILES string of the molecule is CCOC(=O)C(F)C1CCN(Cc2c(C)nnn2CC)C1. The van der Waals surface area contributed by atoms with Crippen LogP contribution in [0.1, 0.15) is 31.7 Å². The van der Waals surface area contributed by atoms with Crippen molar-refractivity contribution in [2.24, 2.45) is 5.92 Å². The lowest BCUT2D eigenvalue weighted by Gasteiger charge is -2.18. The number of hydrogen-bond donors (Lipinski definition) is 0. The second-order valence-corrected chi connectivity index (χ2v) is 5.37. The van der Waals surface area contributed by atoms with Gasteiger partial charge in [0, 0.05) is 25.6 Å². The molecule has 1 aliphatic heterocycles. The highest BCUT2D eigenvalue weighted by Crippen LogP contribution is 2.24. The molecule has 118 valence electrons. The topological polar surface area (TPSA) is 60.2 Å². The average molecular weight is 298 g/mol. The van der Waals surface area contributed by atoms with Gasteiger partial charge in [0.1, 0.15) is 0 Å². The number of aryl methyl sites for hydroxylation is 2. The van der Waals surface area contributed by atoms with E-state index < -0.39 is 12.1 Å². The summed E-state index contributed by atoms with van der Waals surface area (Å²) in [4.78, 5) is 13.6. The molecule has 1 fully saturated rings. The van der Waals surface area contributed by atoms with E-state index >= 15 is 0 Å². The molecule has 0 spiro atoms. The van der Waals surface area contributed by atoms with Gasteiger partial charge in [-0.2, -0.15) is 0 Å². The lowest BCUT2D eigenvalue weighted by atomic mass is 10.0. The van der Waals surface area contributed by atoms with Crippen molar-refractivity contribution in [3.63, 3.8) is 0 Å². The Morgan fingerprint density at radius 2 is 2.29 bits per heavy atom. The Bertz CT molecular complexity index is 491. The van der Waals surface area contributed by atoms with Crippen molar-refractivity contribution in [1.82, 2.24) is 19.9 Å². The molecule has 7 heteroatoms. The van der Waals surface area contributed by atoms with Crippen molar-refractivity contribution in [3.05, 3.63) is 11.4 Å². The summed E-state index contributed by atoms with van der Waals surface area (Å²) in [6.07, 6.45) is -0.850. The Labute approximate surface area is 124 Å². The Morgan fingerprint density at radius 1 is 1.52 bits per heavy atom. The van der Waals surface area contributed by atoms with E-state index in [0.29, 0.717) is 19.5 Å². The summed E-state index contributed by atoms with van der Waals surface area (Å²) in [7, 11) is 0. The van der Waals surface area contributed by atoms with Crippen LogP contribution >= 0.6 is 0 Å². The van der Waals surface area contributed by atoms with Crippen molar-refractivity contribution >= 4 is 5.97 Å². The molecular formula is C14H23FN4O2. The molecule has 0 radical (unpaired) electrons. The summed E-state index contributed by atoms with van der Waals surface area (Å²) in [5.74, 6) is -1.02. The quantitative estimate of drug-likeness (QED) is 0.742. The number of hydrogen-bond acceptors (Lipinski definition) is 5. The first-order chi connectivity index (χ1) is 10.1. The third-order valence-corrected chi connectivity index (χ3v) is 3.94. The van der Waals surface area contributed by atoms with Crippen LogP contribution in [-0.2, 0) is 22.6 Å². The maximum absolute atomic E-state index is 14.0. The molecule has 0 aromatic carbocycles. The van der Waals surface area contributed by atoms with Gasteiger partial charge in [-0.25, -0.2) is 13.9 Å². The molecule has 1 aromatic rings. The molecule has 0 aliphatic carbocycles. The van der Waals surface area contributed by atoms with Gasteiger partial charge in [-0.15, -0.1) is 5.10 Å². The van der Waals surface area contributed by atoms with Gasteiger partial charge in [-0.1, -0.05) is 5.21 Å². The standard InChI is InChI=1S/C14H23FN4O2/c1-4-19-12(10(3)16-17-19)9-18-7-6-11(8-18)13(15)14(20)21-5-2/h11,13H,4-9H2,1-3H3. The minimum absolute atomic E-state index is 0.218. The number of ether oxygens (including phenoxy) is 1. The first-order valence-electron chi connectivity index (χ1n) is 7.48. The van der Waals surface area contributed by atoms with E-state index in [0.717, 1.165) is 24.5 Å². The Hall–Kier alpha value is -1.50. The number of carbonyl (C=O) groups excluding carboxylic acids is 1. The lowest BCUT2D eigenvalue weighted by Crippen LogP contribution is -2.30. The van der Waals surface area contributed by atoms with Crippen molar-refractivity contribution in [3.8, 4) is 0 Å². The fourth-order valence-corrected chi connectivity index (χ4v) is 2.74. The Morgan fingerprint density at radius 3 is 2.95 bits per heavy atom. The van der Waals surface area contributed by atoms with Crippen LogP contribution in [0.2, 0.25) is 0 Å². The summed E-state index contributed by atoms with van der Waals surface area (Å²) in [6.45, 7) is 8.65. The molecule has 0 N–H and O–H groups in total.